The van der Waals surface area contributed by atoms with Gasteiger partial charge in [-0.2, -0.15) is 0 Å². The molecule has 1 aromatic heterocycles. The summed E-state index contributed by atoms with van der Waals surface area (Å²) in [6.45, 7) is 0. The van der Waals surface area contributed by atoms with Crippen LogP contribution in [0.25, 0.3) is 0 Å². The van der Waals surface area contributed by atoms with E-state index in [1.807, 2.05) is 4.98 Å². The summed E-state index contributed by atoms with van der Waals surface area (Å²) in [5, 5.41) is 18.0. The molecule has 1 aliphatic heterocycles. The molecule has 0 aromatic carbocycles. The van der Waals surface area contributed by atoms with Crippen molar-refractivity contribution in [1.82, 2.24) is 9.55 Å². The SMILES string of the molecule is O=C(O)[C@H]1O[C@@H](n2ccc(=O)[nH]c2=O)[C@H](F)[C@@H]1O. The van der Waals surface area contributed by atoms with Gasteiger partial charge in [0.2, 0.25) is 0 Å². The highest BCUT2D eigenvalue weighted by molar-refractivity contribution is 5.73. The fourth-order valence-electron chi connectivity index (χ4n) is 1.69. The Morgan fingerprint density at radius 3 is 2.67 bits per heavy atom. The number of ether oxygens (including phenoxy) is 1. The molecule has 0 saturated carbocycles. The molecule has 1 fully saturated rings. The maximum Gasteiger partial charge on any atom is 0.335 e. The molecule has 1 saturated heterocycles. The Bertz CT molecular complexity index is 581. The molecule has 3 N–H and O–H groups in total. The number of aromatic nitrogens is 2. The Hall–Kier alpha value is -2.00. The second kappa shape index (κ2) is 4.35. The van der Waals surface area contributed by atoms with Crippen molar-refractivity contribution in [1.29, 1.82) is 0 Å². The Labute approximate surface area is 98.3 Å². The summed E-state index contributed by atoms with van der Waals surface area (Å²) in [4.78, 5) is 34.8. The lowest BCUT2D eigenvalue weighted by molar-refractivity contribution is -0.155. The number of rotatable bonds is 2. The van der Waals surface area contributed by atoms with Crippen molar-refractivity contribution < 1.29 is 24.1 Å². The Balaban J connectivity index is 2.38. The van der Waals surface area contributed by atoms with Crippen LogP contribution in [0.15, 0.2) is 21.9 Å². The number of H-pyrrole nitrogens is 1. The van der Waals surface area contributed by atoms with E-state index >= 15 is 0 Å². The number of aliphatic hydroxyl groups is 1. The lowest BCUT2D eigenvalue weighted by Gasteiger charge is -2.14. The molecule has 18 heavy (non-hydrogen) atoms. The summed E-state index contributed by atoms with van der Waals surface area (Å²) in [5.74, 6) is -1.54. The van der Waals surface area contributed by atoms with E-state index in [0.29, 0.717) is 4.57 Å². The van der Waals surface area contributed by atoms with Crippen molar-refractivity contribution >= 4 is 5.97 Å². The van der Waals surface area contributed by atoms with Crippen molar-refractivity contribution in [2.24, 2.45) is 0 Å². The van der Waals surface area contributed by atoms with Crippen LogP contribution in [0.1, 0.15) is 6.23 Å². The Kier molecular flexibility index (Phi) is 3.01. The summed E-state index contributed by atoms with van der Waals surface area (Å²) in [6.07, 6.45) is -6.36. The van der Waals surface area contributed by atoms with Crippen LogP contribution in [0.3, 0.4) is 0 Å². The normalized spacial score (nSPS) is 31.4. The molecule has 0 aliphatic carbocycles. The number of carbonyl (C=O) groups is 1. The average Bonchev–Trinajstić information content (AvgIpc) is 2.57. The first-order valence-corrected chi connectivity index (χ1v) is 4.93. The molecule has 4 atom stereocenters. The minimum absolute atomic E-state index is 0.679. The molecule has 8 nitrogen and oxygen atoms in total. The maximum absolute atomic E-state index is 13.7. The summed E-state index contributed by atoms with van der Waals surface area (Å²) in [5.41, 5.74) is -1.63. The topological polar surface area (TPSA) is 122 Å². The number of aliphatic carboxylic acids is 1. The molecular weight excluding hydrogens is 251 g/mol. The number of aliphatic hydroxyl groups excluding tert-OH is 1. The van der Waals surface area contributed by atoms with Gasteiger partial charge in [0.25, 0.3) is 5.56 Å². The van der Waals surface area contributed by atoms with E-state index in [-0.39, 0.29) is 0 Å². The first-order chi connectivity index (χ1) is 8.41. The van der Waals surface area contributed by atoms with Gasteiger partial charge in [-0.25, -0.2) is 14.0 Å². The fourth-order valence-corrected chi connectivity index (χ4v) is 1.69. The summed E-state index contributed by atoms with van der Waals surface area (Å²) < 4.78 is 19.1. The van der Waals surface area contributed by atoms with Crippen molar-refractivity contribution in [3.63, 3.8) is 0 Å². The lowest BCUT2D eigenvalue weighted by Crippen LogP contribution is -2.36. The minimum Gasteiger partial charge on any atom is -0.479 e. The zero-order valence-electron chi connectivity index (χ0n) is 8.82. The van der Waals surface area contributed by atoms with Crippen molar-refractivity contribution in [3.8, 4) is 0 Å². The first-order valence-electron chi connectivity index (χ1n) is 4.93. The van der Waals surface area contributed by atoms with E-state index in [0.717, 1.165) is 12.3 Å². The predicted octanol–water partition coefficient (Wildman–Crippen LogP) is -1.78. The number of carboxylic acids is 1. The zero-order valence-corrected chi connectivity index (χ0v) is 8.82. The smallest absolute Gasteiger partial charge is 0.335 e. The van der Waals surface area contributed by atoms with Gasteiger partial charge in [0.05, 0.1) is 0 Å². The van der Waals surface area contributed by atoms with E-state index in [2.05, 4.69) is 0 Å². The van der Waals surface area contributed by atoms with Gasteiger partial charge in [-0.15, -0.1) is 0 Å². The molecule has 1 aromatic rings. The molecule has 0 spiro atoms. The van der Waals surface area contributed by atoms with E-state index in [1.54, 1.807) is 0 Å². The molecule has 2 rings (SSSR count). The third kappa shape index (κ3) is 1.93. The van der Waals surface area contributed by atoms with Gasteiger partial charge >= 0.3 is 11.7 Å². The van der Waals surface area contributed by atoms with Crippen molar-refractivity contribution in [2.75, 3.05) is 0 Å². The quantitative estimate of drug-likeness (QED) is 0.577. The van der Waals surface area contributed by atoms with Gasteiger partial charge < -0.3 is 14.9 Å². The second-order valence-corrected chi connectivity index (χ2v) is 3.74. The molecule has 0 bridgehead atoms. The van der Waals surface area contributed by atoms with Gasteiger partial charge in [-0.3, -0.25) is 14.3 Å². The number of alkyl halides is 1. The molecule has 2 heterocycles. The molecule has 9 heteroatoms. The van der Waals surface area contributed by atoms with Crippen LogP contribution < -0.4 is 11.2 Å². The van der Waals surface area contributed by atoms with E-state index in [1.165, 1.54) is 0 Å². The van der Waals surface area contributed by atoms with Crippen LogP contribution >= 0.6 is 0 Å². The van der Waals surface area contributed by atoms with E-state index < -0.39 is 41.8 Å². The fraction of sp³-hybridized carbons (Fsp3) is 0.444. The van der Waals surface area contributed by atoms with Crippen LogP contribution in [0.5, 0.6) is 0 Å². The van der Waals surface area contributed by atoms with Gasteiger partial charge in [0, 0.05) is 12.3 Å². The maximum atomic E-state index is 13.7. The third-order valence-corrected chi connectivity index (χ3v) is 2.56. The highest BCUT2D eigenvalue weighted by Gasteiger charge is 2.49. The third-order valence-electron chi connectivity index (χ3n) is 2.56. The molecular formula is C9H9FN2O6. The largest absolute Gasteiger partial charge is 0.479 e. The monoisotopic (exact) mass is 260 g/mol. The summed E-state index contributed by atoms with van der Waals surface area (Å²) >= 11 is 0. The summed E-state index contributed by atoms with van der Waals surface area (Å²) in [6, 6.07) is 0.956. The first kappa shape index (κ1) is 12.5. The average molecular weight is 260 g/mol. The van der Waals surface area contributed by atoms with Crippen LogP contribution in [0, 0.1) is 0 Å². The lowest BCUT2D eigenvalue weighted by atomic mass is 10.1. The number of hydrogen-bond donors (Lipinski definition) is 3. The highest BCUT2D eigenvalue weighted by atomic mass is 19.1. The molecule has 1 aliphatic rings. The summed E-state index contributed by atoms with van der Waals surface area (Å²) in [7, 11) is 0. The van der Waals surface area contributed by atoms with Crippen LogP contribution in [0.4, 0.5) is 4.39 Å². The van der Waals surface area contributed by atoms with Crippen molar-refractivity contribution in [3.05, 3.63) is 33.1 Å². The van der Waals surface area contributed by atoms with Gasteiger partial charge in [0.15, 0.2) is 18.5 Å². The van der Waals surface area contributed by atoms with Crippen LogP contribution in [-0.4, -0.2) is 44.1 Å². The predicted molar refractivity (Wildman–Crippen MR) is 53.8 cm³/mol. The highest BCUT2D eigenvalue weighted by Crippen LogP contribution is 2.30. The molecule has 0 radical (unpaired) electrons. The molecule has 0 unspecified atom stereocenters. The second-order valence-electron chi connectivity index (χ2n) is 3.74. The van der Waals surface area contributed by atoms with E-state index in [9.17, 15) is 23.9 Å². The van der Waals surface area contributed by atoms with Gasteiger partial charge in [0.1, 0.15) is 6.10 Å². The van der Waals surface area contributed by atoms with Crippen LogP contribution in [0.2, 0.25) is 0 Å². The molecule has 98 valence electrons. The molecule has 0 amide bonds. The minimum atomic E-state index is -2.09. The van der Waals surface area contributed by atoms with E-state index in [4.69, 9.17) is 9.84 Å². The standard InChI is InChI=1S/C9H9FN2O6/c10-4-5(14)6(8(15)16)18-7(4)12-2-1-3(13)11-9(12)17/h1-2,4-7,14H,(H,15,16)(H,11,13,17)/t4-,5+,6+,7-/m1/s1. The zero-order chi connectivity index (χ0) is 13.4. The number of nitrogens with zero attached hydrogens (tertiary/aromatic N) is 1. The number of nitrogens with one attached hydrogen (secondary N) is 1. The number of halogens is 1. The number of carboxylic acid groups (broad SMARTS) is 1. The van der Waals surface area contributed by atoms with Gasteiger partial charge in [-0.1, -0.05) is 0 Å². The van der Waals surface area contributed by atoms with Crippen LogP contribution in [-0.2, 0) is 9.53 Å². The number of aromatic amines is 1. The Morgan fingerprint density at radius 2 is 2.17 bits per heavy atom. The van der Waals surface area contributed by atoms with Gasteiger partial charge in [-0.05, 0) is 0 Å². The van der Waals surface area contributed by atoms with Crippen molar-refractivity contribution in [2.45, 2.75) is 24.6 Å². The number of hydrogen-bond acceptors (Lipinski definition) is 5. The Morgan fingerprint density at radius 1 is 1.50 bits per heavy atom.